The number of anilines is 2. The highest BCUT2D eigenvalue weighted by Crippen LogP contribution is 2.28. The average molecular weight is 378 g/mol. The van der Waals surface area contributed by atoms with E-state index >= 15 is 0 Å². The molecule has 2 aromatic carbocycles. The molecule has 0 fully saturated rings. The standard InChI is InChI=1S/C22H23N3OS/c1-16-2-4-17(5-3-16)14-23-22(26)24-19-6-8-20(9-7-19)25-12-10-21-18(15-25)11-13-27-21/h2-9,11,13H,10,12,14-15H2,1H3,(H2,23,24,26). The van der Waals surface area contributed by atoms with Crippen LogP contribution in [-0.2, 0) is 19.5 Å². The molecule has 0 bridgehead atoms. The van der Waals surface area contributed by atoms with Crippen molar-refractivity contribution < 1.29 is 4.79 Å². The number of rotatable bonds is 4. The third-order valence-electron chi connectivity index (χ3n) is 4.87. The molecule has 27 heavy (non-hydrogen) atoms. The van der Waals surface area contributed by atoms with Crippen molar-refractivity contribution in [3.05, 3.63) is 81.5 Å². The zero-order valence-corrected chi connectivity index (χ0v) is 16.2. The van der Waals surface area contributed by atoms with Crippen LogP contribution in [0.5, 0.6) is 0 Å². The third-order valence-corrected chi connectivity index (χ3v) is 5.89. The summed E-state index contributed by atoms with van der Waals surface area (Å²) in [5.41, 5.74) is 5.73. The minimum absolute atomic E-state index is 0.191. The van der Waals surface area contributed by atoms with E-state index in [-0.39, 0.29) is 6.03 Å². The van der Waals surface area contributed by atoms with Gasteiger partial charge in [-0.25, -0.2) is 4.79 Å². The molecule has 0 radical (unpaired) electrons. The van der Waals surface area contributed by atoms with Crippen molar-refractivity contribution in [1.82, 2.24) is 5.32 Å². The monoisotopic (exact) mass is 377 g/mol. The number of aryl methyl sites for hydroxylation is 1. The lowest BCUT2D eigenvalue weighted by molar-refractivity contribution is 0.251. The lowest BCUT2D eigenvalue weighted by atomic mass is 10.1. The van der Waals surface area contributed by atoms with Crippen LogP contribution in [0.15, 0.2) is 60.0 Å². The normalized spacial score (nSPS) is 13.1. The number of thiophene rings is 1. The van der Waals surface area contributed by atoms with Crippen LogP contribution in [0.25, 0.3) is 0 Å². The van der Waals surface area contributed by atoms with Crippen molar-refractivity contribution in [3.63, 3.8) is 0 Å². The second kappa shape index (κ2) is 7.84. The van der Waals surface area contributed by atoms with Gasteiger partial charge in [-0.15, -0.1) is 11.3 Å². The van der Waals surface area contributed by atoms with Crippen LogP contribution >= 0.6 is 11.3 Å². The SMILES string of the molecule is Cc1ccc(CNC(=O)Nc2ccc(N3CCc4sccc4C3)cc2)cc1. The van der Waals surface area contributed by atoms with Crippen LogP contribution in [0.2, 0.25) is 0 Å². The van der Waals surface area contributed by atoms with Gasteiger partial charge in [-0.3, -0.25) is 0 Å². The van der Waals surface area contributed by atoms with E-state index in [1.165, 1.54) is 21.7 Å². The fourth-order valence-corrected chi connectivity index (χ4v) is 4.18. The highest BCUT2D eigenvalue weighted by Gasteiger charge is 2.17. The highest BCUT2D eigenvalue weighted by molar-refractivity contribution is 7.10. The molecule has 2 amide bonds. The van der Waals surface area contributed by atoms with E-state index in [2.05, 4.69) is 46.0 Å². The Morgan fingerprint density at radius 1 is 1.07 bits per heavy atom. The number of fused-ring (bicyclic) bond motifs is 1. The molecule has 0 aliphatic carbocycles. The third kappa shape index (κ3) is 4.31. The molecule has 2 N–H and O–H groups in total. The number of benzene rings is 2. The molecule has 0 spiro atoms. The van der Waals surface area contributed by atoms with Gasteiger partial charge in [0.15, 0.2) is 0 Å². The van der Waals surface area contributed by atoms with E-state index in [4.69, 9.17) is 0 Å². The van der Waals surface area contributed by atoms with Gasteiger partial charge in [0.05, 0.1) is 0 Å². The smallest absolute Gasteiger partial charge is 0.319 e. The molecule has 2 heterocycles. The number of amides is 2. The van der Waals surface area contributed by atoms with E-state index in [0.717, 1.165) is 30.8 Å². The van der Waals surface area contributed by atoms with Crippen molar-refractivity contribution in [2.45, 2.75) is 26.4 Å². The summed E-state index contributed by atoms with van der Waals surface area (Å²) in [5, 5.41) is 7.97. The van der Waals surface area contributed by atoms with Gasteiger partial charge in [0, 0.05) is 35.9 Å². The van der Waals surface area contributed by atoms with Crippen molar-refractivity contribution >= 4 is 28.7 Å². The van der Waals surface area contributed by atoms with Crippen LogP contribution in [-0.4, -0.2) is 12.6 Å². The summed E-state index contributed by atoms with van der Waals surface area (Å²) < 4.78 is 0. The first kappa shape index (κ1) is 17.6. The molecule has 0 atom stereocenters. The number of hydrogen-bond donors (Lipinski definition) is 2. The van der Waals surface area contributed by atoms with E-state index in [0.29, 0.717) is 6.54 Å². The molecule has 1 aliphatic rings. The number of nitrogens with one attached hydrogen (secondary N) is 2. The zero-order valence-electron chi connectivity index (χ0n) is 15.4. The highest BCUT2D eigenvalue weighted by atomic mass is 32.1. The molecular weight excluding hydrogens is 354 g/mol. The Bertz CT molecular complexity index is 915. The van der Waals surface area contributed by atoms with Crippen molar-refractivity contribution in [1.29, 1.82) is 0 Å². The van der Waals surface area contributed by atoms with E-state index in [1.54, 1.807) is 0 Å². The van der Waals surface area contributed by atoms with Gasteiger partial charge in [-0.1, -0.05) is 29.8 Å². The maximum Gasteiger partial charge on any atom is 0.319 e. The predicted molar refractivity (Wildman–Crippen MR) is 113 cm³/mol. The maximum atomic E-state index is 12.1. The Labute approximate surface area is 163 Å². The molecule has 0 saturated heterocycles. The fraction of sp³-hybridized carbons (Fsp3) is 0.227. The van der Waals surface area contributed by atoms with Gasteiger partial charge in [-0.05, 0) is 60.2 Å². The Hall–Kier alpha value is -2.79. The van der Waals surface area contributed by atoms with Crippen molar-refractivity contribution in [3.8, 4) is 0 Å². The Morgan fingerprint density at radius 2 is 1.85 bits per heavy atom. The molecular formula is C22H23N3OS. The summed E-state index contributed by atoms with van der Waals surface area (Å²) in [5.74, 6) is 0. The number of nitrogens with zero attached hydrogens (tertiary/aromatic N) is 1. The van der Waals surface area contributed by atoms with Crippen molar-refractivity contribution in [2.24, 2.45) is 0 Å². The summed E-state index contributed by atoms with van der Waals surface area (Å²) in [6.07, 6.45) is 1.11. The topological polar surface area (TPSA) is 44.4 Å². The lowest BCUT2D eigenvalue weighted by Gasteiger charge is -2.29. The Morgan fingerprint density at radius 3 is 2.63 bits per heavy atom. The van der Waals surface area contributed by atoms with Gasteiger partial charge < -0.3 is 15.5 Å². The van der Waals surface area contributed by atoms with E-state index in [1.807, 2.05) is 47.7 Å². The van der Waals surface area contributed by atoms with Crippen LogP contribution in [0.1, 0.15) is 21.6 Å². The second-order valence-electron chi connectivity index (χ2n) is 6.88. The Balaban J connectivity index is 1.31. The van der Waals surface area contributed by atoms with Crippen molar-refractivity contribution in [2.75, 3.05) is 16.8 Å². The number of urea groups is 1. The molecule has 5 heteroatoms. The number of carbonyl (C=O) groups is 1. The fourth-order valence-electron chi connectivity index (χ4n) is 3.29. The number of hydrogen-bond acceptors (Lipinski definition) is 3. The molecule has 1 aromatic heterocycles. The average Bonchev–Trinajstić information content (AvgIpc) is 3.16. The lowest BCUT2D eigenvalue weighted by Crippen LogP contribution is -2.29. The van der Waals surface area contributed by atoms with E-state index in [9.17, 15) is 4.79 Å². The second-order valence-corrected chi connectivity index (χ2v) is 7.88. The summed E-state index contributed by atoms with van der Waals surface area (Å²) in [7, 11) is 0. The summed E-state index contributed by atoms with van der Waals surface area (Å²) >= 11 is 1.85. The summed E-state index contributed by atoms with van der Waals surface area (Å²) in [6.45, 7) is 4.57. The minimum Gasteiger partial charge on any atom is -0.367 e. The molecule has 4 rings (SSSR count). The number of carbonyl (C=O) groups excluding carboxylic acids is 1. The Kier molecular flexibility index (Phi) is 5.12. The van der Waals surface area contributed by atoms with Gasteiger partial charge >= 0.3 is 6.03 Å². The zero-order chi connectivity index (χ0) is 18.6. The maximum absolute atomic E-state index is 12.1. The van der Waals surface area contributed by atoms with Gasteiger partial charge in [0.25, 0.3) is 0 Å². The predicted octanol–water partition coefficient (Wildman–Crippen LogP) is 4.94. The van der Waals surface area contributed by atoms with E-state index < -0.39 is 0 Å². The van der Waals surface area contributed by atoms with Crippen LogP contribution in [0.4, 0.5) is 16.2 Å². The quantitative estimate of drug-likeness (QED) is 0.676. The molecule has 3 aromatic rings. The van der Waals surface area contributed by atoms with Gasteiger partial charge in [0.2, 0.25) is 0 Å². The summed E-state index contributed by atoms with van der Waals surface area (Å²) in [6, 6.07) is 18.3. The van der Waals surface area contributed by atoms with Gasteiger partial charge in [0.1, 0.15) is 0 Å². The molecule has 0 saturated carbocycles. The largest absolute Gasteiger partial charge is 0.367 e. The first-order chi connectivity index (χ1) is 13.2. The van der Waals surface area contributed by atoms with Crippen LogP contribution in [0.3, 0.4) is 0 Å². The molecule has 4 nitrogen and oxygen atoms in total. The van der Waals surface area contributed by atoms with Crippen LogP contribution in [0, 0.1) is 6.92 Å². The van der Waals surface area contributed by atoms with Crippen LogP contribution < -0.4 is 15.5 Å². The first-order valence-electron chi connectivity index (χ1n) is 9.18. The minimum atomic E-state index is -0.191. The molecule has 1 aliphatic heterocycles. The first-order valence-corrected chi connectivity index (χ1v) is 10.1. The summed E-state index contributed by atoms with van der Waals surface area (Å²) in [4.78, 5) is 16.0. The molecule has 138 valence electrons. The van der Waals surface area contributed by atoms with Gasteiger partial charge in [-0.2, -0.15) is 0 Å². The molecule has 0 unspecified atom stereocenters.